The molecule has 0 bridgehead atoms. The van der Waals surface area contributed by atoms with Crippen molar-refractivity contribution in [2.45, 2.75) is 32.2 Å². The van der Waals surface area contributed by atoms with Crippen LogP contribution in [0.15, 0.2) is 30.9 Å². The third-order valence-corrected chi connectivity index (χ3v) is 3.21. The SMILES string of the molecule is C=CCCC(NCCC)c1cc(Cl)ccc1Cl. The van der Waals surface area contributed by atoms with E-state index in [0.29, 0.717) is 0 Å². The third kappa shape index (κ3) is 4.71. The van der Waals surface area contributed by atoms with Gasteiger partial charge in [0.05, 0.1) is 0 Å². The first kappa shape index (κ1) is 14.6. The molecular formula is C14H19Cl2N. The van der Waals surface area contributed by atoms with E-state index in [2.05, 4.69) is 18.8 Å². The molecule has 1 N–H and O–H groups in total. The second kappa shape index (κ2) is 7.75. The Morgan fingerprint density at radius 1 is 1.41 bits per heavy atom. The molecule has 1 aromatic carbocycles. The number of hydrogen-bond donors (Lipinski definition) is 1. The van der Waals surface area contributed by atoms with Gasteiger partial charge in [-0.1, -0.05) is 36.2 Å². The van der Waals surface area contributed by atoms with E-state index in [-0.39, 0.29) is 6.04 Å². The Balaban J connectivity index is 2.85. The van der Waals surface area contributed by atoms with Gasteiger partial charge in [0, 0.05) is 16.1 Å². The van der Waals surface area contributed by atoms with Gasteiger partial charge in [0.15, 0.2) is 0 Å². The van der Waals surface area contributed by atoms with Crippen molar-refractivity contribution in [3.8, 4) is 0 Å². The number of allylic oxidation sites excluding steroid dienone is 1. The van der Waals surface area contributed by atoms with Crippen molar-refractivity contribution < 1.29 is 0 Å². The van der Waals surface area contributed by atoms with Gasteiger partial charge in [-0.25, -0.2) is 0 Å². The molecular weight excluding hydrogens is 253 g/mol. The van der Waals surface area contributed by atoms with Crippen LogP contribution in [-0.4, -0.2) is 6.54 Å². The first-order valence-electron chi connectivity index (χ1n) is 5.98. The molecule has 0 fully saturated rings. The van der Waals surface area contributed by atoms with E-state index >= 15 is 0 Å². The monoisotopic (exact) mass is 271 g/mol. The average Bonchev–Trinajstić information content (AvgIpc) is 2.33. The number of hydrogen-bond acceptors (Lipinski definition) is 1. The molecule has 1 rings (SSSR count). The van der Waals surface area contributed by atoms with Gasteiger partial charge in [0.2, 0.25) is 0 Å². The van der Waals surface area contributed by atoms with Gasteiger partial charge in [0.1, 0.15) is 0 Å². The number of halogens is 2. The lowest BCUT2D eigenvalue weighted by molar-refractivity contribution is 0.503. The summed E-state index contributed by atoms with van der Waals surface area (Å²) in [6, 6.07) is 5.87. The maximum atomic E-state index is 6.22. The zero-order valence-electron chi connectivity index (χ0n) is 10.2. The molecule has 17 heavy (non-hydrogen) atoms. The second-order valence-corrected chi connectivity index (χ2v) is 4.88. The summed E-state index contributed by atoms with van der Waals surface area (Å²) >= 11 is 12.2. The Bertz CT molecular complexity index is 363. The maximum absolute atomic E-state index is 6.22. The van der Waals surface area contributed by atoms with Crippen LogP contribution in [0, 0.1) is 0 Å². The van der Waals surface area contributed by atoms with Gasteiger partial charge in [-0.15, -0.1) is 6.58 Å². The third-order valence-electron chi connectivity index (χ3n) is 2.63. The van der Waals surface area contributed by atoms with Gasteiger partial charge in [-0.2, -0.15) is 0 Å². The topological polar surface area (TPSA) is 12.0 Å². The van der Waals surface area contributed by atoms with Gasteiger partial charge >= 0.3 is 0 Å². The summed E-state index contributed by atoms with van der Waals surface area (Å²) in [7, 11) is 0. The summed E-state index contributed by atoms with van der Waals surface area (Å²) in [6.45, 7) is 6.89. The van der Waals surface area contributed by atoms with Crippen molar-refractivity contribution in [2.75, 3.05) is 6.54 Å². The molecule has 94 valence electrons. The first-order chi connectivity index (χ1) is 8.19. The lowest BCUT2D eigenvalue weighted by Gasteiger charge is -2.19. The van der Waals surface area contributed by atoms with Crippen LogP contribution >= 0.6 is 23.2 Å². The van der Waals surface area contributed by atoms with Crippen LogP contribution < -0.4 is 5.32 Å². The van der Waals surface area contributed by atoms with Crippen molar-refractivity contribution in [3.63, 3.8) is 0 Å². The molecule has 3 heteroatoms. The summed E-state index contributed by atoms with van der Waals surface area (Å²) in [4.78, 5) is 0. The van der Waals surface area contributed by atoms with Gasteiger partial charge in [-0.3, -0.25) is 0 Å². The van der Waals surface area contributed by atoms with Crippen LogP contribution in [0.2, 0.25) is 10.0 Å². The molecule has 0 aliphatic rings. The highest BCUT2D eigenvalue weighted by atomic mass is 35.5. The highest BCUT2D eigenvalue weighted by Gasteiger charge is 2.13. The van der Waals surface area contributed by atoms with E-state index in [9.17, 15) is 0 Å². The van der Waals surface area contributed by atoms with Crippen molar-refractivity contribution in [1.29, 1.82) is 0 Å². The predicted molar refractivity (Wildman–Crippen MR) is 76.9 cm³/mol. The molecule has 0 saturated carbocycles. The van der Waals surface area contributed by atoms with Crippen molar-refractivity contribution >= 4 is 23.2 Å². The quantitative estimate of drug-likeness (QED) is 0.689. The first-order valence-corrected chi connectivity index (χ1v) is 6.73. The minimum atomic E-state index is 0.249. The van der Waals surface area contributed by atoms with Crippen molar-refractivity contribution in [3.05, 3.63) is 46.5 Å². The van der Waals surface area contributed by atoms with E-state index in [0.717, 1.165) is 41.4 Å². The summed E-state index contributed by atoms with van der Waals surface area (Å²) in [6.07, 6.45) is 4.98. The molecule has 1 unspecified atom stereocenters. The second-order valence-electron chi connectivity index (χ2n) is 4.04. The van der Waals surface area contributed by atoms with E-state index in [4.69, 9.17) is 23.2 Å². The van der Waals surface area contributed by atoms with Crippen LogP contribution in [-0.2, 0) is 0 Å². The average molecular weight is 272 g/mol. The summed E-state index contributed by atoms with van der Waals surface area (Å²) < 4.78 is 0. The van der Waals surface area contributed by atoms with Crippen LogP contribution in [0.1, 0.15) is 37.8 Å². The molecule has 0 aliphatic heterocycles. The molecule has 0 spiro atoms. The molecule has 0 radical (unpaired) electrons. The largest absolute Gasteiger partial charge is 0.310 e. The molecule has 1 nitrogen and oxygen atoms in total. The lowest BCUT2D eigenvalue weighted by atomic mass is 10.0. The molecule has 1 aromatic rings. The molecule has 0 amide bonds. The van der Waals surface area contributed by atoms with E-state index in [1.807, 2.05) is 24.3 Å². The Morgan fingerprint density at radius 2 is 2.18 bits per heavy atom. The Hall–Kier alpha value is -0.500. The van der Waals surface area contributed by atoms with Crippen LogP contribution in [0.25, 0.3) is 0 Å². The highest BCUT2D eigenvalue weighted by molar-refractivity contribution is 6.33. The standard InChI is InChI=1S/C14H19Cl2N/c1-3-5-6-14(17-9-4-2)12-10-11(15)7-8-13(12)16/h3,7-8,10,14,17H,1,4-6,9H2,2H3. The molecule has 0 saturated heterocycles. The fourth-order valence-corrected chi connectivity index (χ4v) is 2.18. The van der Waals surface area contributed by atoms with Crippen molar-refractivity contribution in [2.24, 2.45) is 0 Å². The number of nitrogens with one attached hydrogen (secondary N) is 1. The maximum Gasteiger partial charge on any atom is 0.0454 e. The molecule has 0 aromatic heterocycles. The Morgan fingerprint density at radius 3 is 2.82 bits per heavy atom. The van der Waals surface area contributed by atoms with E-state index in [1.165, 1.54) is 0 Å². The van der Waals surface area contributed by atoms with E-state index in [1.54, 1.807) is 0 Å². The normalized spacial score (nSPS) is 12.4. The van der Waals surface area contributed by atoms with Crippen LogP contribution in [0.5, 0.6) is 0 Å². The highest BCUT2D eigenvalue weighted by Crippen LogP contribution is 2.29. The number of benzene rings is 1. The summed E-state index contributed by atoms with van der Waals surface area (Å²) in [5, 5.41) is 5.00. The smallest absolute Gasteiger partial charge is 0.0454 e. The Kier molecular flexibility index (Phi) is 6.64. The van der Waals surface area contributed by atoms with Crippen LogP contribution in [0.3, 0.4) is 0 Å². The fraction of sp³-hybridized carbons (Fsp3) is 0.429. The predicted octanol–water partition coefficient (Wildman–Crippen LogP) is 5.00. The fourth-order valence-electron chi connectivity index (χ4n) is 1.75. The summed E-state index contributed by atoms with van der Waals surface area (Å²) in [5.41, 5.74) is 1.08. The Labute approximate surface area is 114 Å². The molecule has 1 atom stereocenters. The molecule has 0 heterocycles. The molecule has 0 aliphatic carbocycles. The minimum Gasteiger partial charge on any atom is -0.310 e. The van der Waals surface area contributed by atoms with Crippen LogP contribution in [0.4, 0.5) is 0 Å². The van der Waals surface area contributed by atoms with Gasteiger partial charge < -0.3 is 5.32 Å². The minimum absolute atomic E-state index is 0.249. The van der Waals surface area contributed by atoms with Crippen molar-refractivity contribution in [1.82, 2.24) is 5.32 Å². The van der Waals surface area contributed by atoms with E-state index < -0.39 is 0 Å². The van der Waals surface area contributed by atoms with Gasteiger partial charge in [-0.05, 0) is 49.6 Å². The zero-order chi connectivity index (χ0) is 12.7. The zero-order valence-corrected chi connectivity index (χ0v) is 11.7. The number of rotatable bonds is 7. The lowest BCUT2D eigenvalue weighted by Crippen LogP contribution is -2.22. The van der Waals surface area contributed by atoms with Gasteiger partial charge in [0.25, 0.3) is 0 Å². The summed E-state index contributed by atoms with van der Waals surface area (Å²) in [5.74, 6) is 0.